The first kappa shape index (κ1) is 24.7. The zero-order valence-electron chi connectivity index (χ0n) is 19.9. The highest BCUT2D eigenvalue weighted by atomic mass is 16.5. The normalized spacial score (nSPS) is 10.9. The Balaban J connectivity index is 1.52. The molecule has 0 bridgehead atoms. The molecule has 0 aliphatic rings. The fourth-order valence-electron chi connectivity index (χ4n) is 3.75. The monoisotopic (exact) mass is 488 g/mol. The smallest absolute Gasteiger partial charge is 0.258 e. The number of pyridine rings is 1. The summed E-state index contributed by atoms with van der Waals surface area (Å²) in [4.78, 5) is 34.5. The number of aromatic hydroxyl groups is 1. The van der Waals surface area contributed by atoms with Crippen LogP contribution in [0.2, 0.25) is 0 Å². The highest BCUT2D eigenvalue weighted by Crippen LogP contribution is 2.21. The van der Waals surface area contributed by atoms with Crippen LogP contribution in [0.1, 0.15) is 32.7 Å². The van der Waals surface area contributed by atoms with Crippen LogP contribution in [-0.2, 0) is 17.7 Å². The Morgan fingerprint density at radius 2 is 1.89 bits per heavy atom. The molecule has 2 amide bonds. The van der Waals surface area contributed by atoms with Crippen LogP contribution >= 0.6 is 0 Å². The van der Waals surface area contributed by atoms with E-state index in [9.17, 15) is 14.7 Å². The molecule has 36 heavy (non-hydrogen) atoms. The van der Waals surface area contributed by atoms with Gasteiger partial charge in [0.2, 0.25) is 5.95 Å². The number of aromatic nitrogens is 3. The third-order valence-electron chi connectivity index (χ3n) is 5.59. The Morgan fingerprint density at radius 3 is 2.64 bits per heavy atom. The van der Waals surface area contributed by atoms with Crippen LogP contribution in [0.3, 0.4) is 0 Å². The zero-order valence-corrected chi connectivity index (χ0v) is 19.9. The molecule has 0 radical (unpaired) electrons. The number of rotatable bonds is 10. The molecule has 0 saturated heterocycles. The molecule has 2 aromatic heterocycles. The van der Waals surface area contributed by atoms with E-state index < -0.39 is 0 Å². The molecular formula is C26H28N6O4. The molecule has 0 atom stereocenters. The van der Waals surface area contributed by atoms with Crippen molar-refractivity contribution in [2.45, 2.75) is 19.4 Å². The summed E-state index contributed by atoms with van der Waals surface area (Å²) in [6, 6.07) is 15.2. The second kappa shape index (κ2) is 11.3. The van der Waals surface area contributed by atoms with E-state index in [1.54, 1.807) is 54.1 Å². The average molecular weight is 489 g/mol. The molecule has 0 spiro atoms. The minimum Gasteiger partial charge on any atom is -0.508 e. The largest absolute Gasteiger partial charge is 0.508 e. The minimum absolute atomic E-state index is 0.201. The van der Waals surface area contributed by atoms with E-state index in [1.165, 1.54) is 6.20 Å². The van der Waals surface area contributed by atoms with E-state index >= 15 is 0 Å². The van der Waals surface area contributed by atoms with Crippen LogP contribution in [0.5, 0.6) is 5.75 Å². The molecule has 0 unspecified atom stereocenters. The molecule has 186 valence electrons. The van der Waals surface area contributed by atoms with Crippen molar-refractivity contribution in [3.63, 3.8) is 0 Å². The van der Waals surface area contributed by atoms with Gasteiger partial charge in [0, 0.05) is 44.3 Å². The van der Waals surface area contributed by atoms with Gasteiger partial charge in [-0.05, 0) is 54.8 Å². The fourth-order valence-corrected chi connectivity index (χ4v) is 3.75. The van der Waals surface area contributed by atoms with Crippen LogP contribution < -0.4 is 16.4 Å². The van der Waals surface area contributed by atoms with E-state index in [-0.39, 0.29) is 17.6 Å². The first-order chi connectivity index (χ1) is 17.4. The van der Waals surface area contributed by atoms with Crippen LogP contribution in [0.25, 0.3) is 11.2 Å². The number of nitrogens with zero attached hydrogens (tertiary/aromatic N) is 3. The number of phenols is 1. The van der Waals surface area contributed by atoms with Gasteiger partial charge in [-0.3, -0.25) is 19.5 Å². The number of phenolic OH excluding ortho intramolecular Hbond substituents is 1. The average Bonchev–Trinajstić information content (AvgIpc) is 3.21. The van der Waals surface area contributed by atoms with Crippen molar-refractivity contribution >= 4 is 34.6 Å². The Morgan fingerprint density at radius 1 is 1.08 bits per heavy atom. The Kier molecular flexibility index (Phi) is 7.76. The Hall–Kier alpha value is -4.44. The molecule has 2 heterocycles. The van der Waals surface area contributed by atoms with Gasteiger partial charge in [-0.15, -0.1) is 0 Å². The minimum atomic E-state index is -0.349. The SMILES string of the molecule is COCCCn1c(NC(=O)c2cccc(N)c2)nc2cc(C(=O)NCCc3ccc(O)cc3)cnc21. The highest BCUT2D eigenvalue weighted by Gasteiger charge is 2.17. The molecule has 5 N–H and O–H groups in total. The van der Waals surface area contributed by atoms with E-state index in [1.807, 2.05) is 12.1 Å². The number of aryl methyl sites for hydroxylation is 1. The van der Waals surface area contributed by atoms with Gasteiger partial charge in [-0.1, -0.05) is 18.2 Å². The summed E-state index contributed by atoms with van der Waals surface area (Å²) in [6.07, 6.45) is 2.80. The summed E-state index contributed by atoms with van der Waals surface area (Å²) >= 11 is 0. The number of anilines is 2. The van der Waals surface area contributed by atoms with Crippen molar-refractivity contribution in [1.29, 1.82) is 0 Å². The van der Waals surface area contributed by atoms with Gasteiger partial charge in [0.15, 0.2) is 5.65 Å². The van der Waals surface area contributed by atoms with Crippen molar-refractivity contribution < 1.29 is 19.4 Å². The zero-order chi connectivity index (χ0) is 25.5. The van der Waals surface area contributed by atoms with Gasteiger partial charge in [0.05, 0.1) is 5.56 Å². The second-order valence-corrected chi connectivity index (χ2v) is 8.25. The number of hydrogen-bond donors (Lipinski definition) is 4. The standard InChI is InChI=1S/C26H28N6O4/c1-36-13-3-12-32-23-22(30-26(32)31-25(35)18-4-2-5-20(27)14-18)15-19(16-29-23)24(34)28-11-10-17-6-8-21(33)9-7-17/h2,4-9,14-16,33H,3,10-13,27H2,1H3,(H,28,34)(H,30,31,35). The van der Waals surface area contributed by atoms with E-state index in [4.69, 9.17) is 10.5 Å². The summed E-state index contributed by atoms with van der Waals surface area (Å²) in [5.74, 6) is -0.0987. The number of fused-ring (bicyclic) bond motifs is 1. The number of nitrogens with two attached hydrogens (primary N) is 1. The van der Waals surface area contributed by atoms with Gasteiger partial charge in [-0.25, -0.2) is 9.97 Å². The van der Waals surface area contributed by atoms with E-state index in [0.717, 1.165) is 5.56 Å². The van der Waals surface area contributed by atoms with Crippen molar-refractivity contribution in [3.8, 4) is 5.75 Å². The molecule has 2 aromatic carbocycles. The van der Waals surface area contributed by atoms with Crippen molar-refractivity contribution in [2.24, 2.45) is 0 Å². The third-order valence-corrected chi connectivity index (χ3v) is 5.59. The van der Waals surface area contributed by atoms with Crippen molar-refractivity contribution in [1.82, 2.24) is 19.9 Å². The number of carbonyl (C=O) groups is 2. The number of nitrogen functional groups attached to an aromatic ring is 1. The number of ether oxygens (including phenoxy) is 1. The number of methoxy groups -OCH3 is 1. The first-order valence-electron chi connectivity index (χ1n) is 11.5. The number of amides is 2. The summed E-state index contributed by atoms with van der Waals surface area (Å²) in [5.41, 5.74) is 9.10. The quantitative estimate of drug-likeness (QED) is 0.198. The van der Waals surface area contributed by atoms with Crippen molar-refractivity contribution in [2.75, 3.05) is 31.3 Å². The summed E-state index contributed by atoms with van der Waals surface area (Å²) < 4.78 is 6.96. The third kappa shape index (κ3) is 5.97. The number of carbonyl (C=O) groups excluding carboxylic acids is 2. The molecule has 10 heteroatoms. The molecule has 4 aromatic rings. The molecule has 4 rings (SSSR count). The van der Waals surface area contributed by atoms with Crippen LogP contribution in [0.15, 0.2) is 60.8 Å². The number of nitrogens with one attached hydrogen (secondary N) is 2. The summed E-state index contributed by atoms with van der Waals surface area (Å²) in [7, 11) is 1.62. The predicted molar refractivity (Wildman–Crippen MR) is 137 cm³/mol. The summed E-state index contributed by atoms with van der Waals surface area (Å²) in [6.45, 7) is 1.47. The molecule has 0 aliphatic carbocycles. The fraction of sp³-hybridized carbons (Fsp3) is 0.231. The number of hydrogen-bond acceptors (Lipinski definition) is 7. The number of benzene rings is 2. The lowest BCUT2D eigenvalue weighted by molar-refractivity contribution is 0.0953. The molecule has 0 fully saturated rings. The van der Waals surface area contributed by atoms with Crippen molar-refractivity contribution in [3.05, 3.63) is 77.5 Å². The second-order valence-electron chi connectivity index (χ2n) is 8.25. The maximum absolute atomic E-state index is 12.8. The molecular weight excluding hydrogens is 460 g/mol. The van der Waals surface area contributed by atoms with Crippen LogP contribution in [0.4, 0.5) is 11.6 Å². The van der Waals surface area contributed by atoms with Gasteiger partial charge in [0.1, 0.15) is 11.3 Å². The molecule has 0 saturated carbocycles. The van der Waals surface area contributed by atoms with Gasteiger partial charge >= 0.3 is 0 Å². The number of imidazole rings is 1. The lowest BCUT2D eigenvalue weighted by atomic mass is 10.1. The highest BCUT2D eigenvalue weighted by molar-refractivity contribution is 6.04. The van der Waals surface area contributed by atoms with E-state index in [2.05, 4.69) is 20.6 Å². The molecule has 10 nitrogen and oxygen atoms in total. The Bertz CT molecular complexity index is 1370. The lowest BCUT2D eigenvalue weighted by Crippen LogP contribution is -2.25. The van der Waals surface area contributed by atoms with Gasteiger partial charge in [0.25, 0.3) is 11.8 Å². The maximum Gasteiger partial charge on any atom is 0.258 e. The Labute approximate surface area is 208 Å². The maximum atomic E-state index is 12.8. The van der Waals surface area contributed by atoms with Crippen LogP contribution in [-0.4, -0.2) is 51.7 Å². The molecule has 0 aliphatic heterocycles. The topological polar surface area (TPSA) is 144 Å². The first-order valence-corrected chi connectivity index (χ1v) is 11.5. The van der Waals surface area contributed by atoms with E-state index in [0.29, 0.717) is 66.5 Å². The van der Waals surface area contributed by atoms with Crippen LogP contribution in [0, 0.1) is 0 Å². The lowest BCUT2D eigenvalue weighted by Gasteiger charge is -2.10. The van der Waals surface area contributed by atoms with Gasteiger partial charge < -0.3 is 20.9 Å². The predicted octanol–water partition coefficient (Wildman–Crippen LogP) is 2.98. The summed E-state index contributed by atoms with van der Waals surface area (Å²) in [5, 5.41) is 15.1. The van der Waals surface area contributed by atoms with Gasteiger partial charge in [-0.2, -0.15) is 0 Å².